The van der Waals surface area contributed by atoms with Crippen LogP contribution in [0.4, 0.5) is 0 Å². The summed E-state index contributed by atoms with van der Waals surface area (Å²) in [6.07, 6.45) is 3.00. The highest BCUT2D eigenvalue weighted by molar-refractivity contribution is 9.10. The Morgan fingerprint density at radius 3 is 2.60 bits per heavy atom. The number of esters is 1. The van der Waals surface area contributed by atoms with Gasteiger partial charge in [-0.3, -0.25) is 9.78 Å². The summed E-state index contributed by atoms with van der Waals surface area (Å²) in [7, 11) is 0. The number of carbonyl (C=O) groups is 2. The maximum absolute atomic E-state index is 12.2. The summed E-state index contributed by atoms with van der Waals surface area (Å²) in [6.45, 7) is 4.13. The lowest BCUT2D eigenvalue weighted by atomic mass is 9.96. The number of nitrogens with zero attached hydrogens (tertiary/aromatic N) is 1. The molecule has 0 saturated heterocycles. The van der Waals surface area contributed by atoms with E-state index in [9.17, 15) is 9.59 Å². The first kappa shape index (κ1) is 19.1. The topological polar surface area (TPSA) is 68.3 Å². The normalized spacial score (nSPS) is 12.9. The van der Waals surface area contributed by atoms with Crippen LogP contribution in [0.25, 0.3) is 0 Å². The van der Waals surface area contributed by atoms with Gasteiger partial charge in [0.25, 0.3) is 5.91 Å². The van der Waals surface area contributed by atoms with Crippen LogP contribution in [0.3, 0.4) is 0 Å². The van der Waals surface area contributed by atoms with E-state index in [0.29, 0.717) is 16.6 Å². The number of halogens is 1. The number of hydrogen-bond acceptors (Lipinski definition) is 4. The van der Waals surface area contributed by atoms with E-state index < -0.39 is 12.1 Å². The van der Waals surface area contributed by atoms with Crippen molar-refractivity contribution in [3.05, 3.63) is 64.4 Å². The van der Waals surface area contributed by atoms with Crippen molar-refractivity contribution in [3.63, 3.8) is 0 Å². The molecular formula is C19H21BrN2O3. The van der Waals surface area contributed by atoms with E-state index in [-0.39, 0.29) is 11.8 Å². The van der Waals surface area contributed by atoms with Crippen molar-refractivity contribution < 1.29 is 14.3 Å². The van der Waals surface area contributed by atoms with Crippen molar-refractivity contribution in [1.29, 1.82) is 0 Å². The highest BCUT2D eigenvalue weighted by Crippen LogP contribution is 2.18. The van der Waals surface area contributed by atoms with Gasteiger partial charge in [0, 0.05) is 29.3 Å². The summed E-state index contributed by atoms with van der Waals surface area (Å²) < 4.78 is 5.89. The smallest absolute Gasteiger partial charge is 0.340 e. The van der Waals surface area contributed by atoms with Crippen LogP contribution in [-0.4, -0.2) is 29.5 Å². The molecule has 1 aromatic heterocycles. The number of nitrogens with one attached hydrogen (secondary N) is 1. The molecule has 6 heteroatoms. The van der Waals surface area contributed by atoms with E-state index >= 15 is 0 Å². The van der Waals surface area contributed by atoms with E-state index in [0.717, 1.165) is 6.42 Å². The van der Waals surface area contributed by atoms with Crippen LogP contribution in [0.15, 0.2) is 53.3 Å². The number of ether oxygens (including phenoxy) is 1. The van der Waals surface area contributed by atoms with E-state index in [4.69, 9.17) is 4.74 Å². The van der Waals surface area contributed by atoms with Crippen LogP contribution in [0.2, 0.25) is 0 Å². The van der Waals surface area contributed by atoms with Crippen molar-refractivity contribution in [2.24, 2.45) is 0 Å². The fraction of sp³-hybridized carbons (Fsp3) is 0.316. The fourth-order valence-electron chi connectivity index (χ4n) is 2.40. The van der Waals surface area contributed by atoms with Gasteiger partial charge in [0.1, 0.15) is 0 Å². The van der Waals surface area contributed by atoms with E-state index in [1.165, 1.54) is 11.8 Å². The third kappa shape index (κ3) is 5.67. The van der Waals surface area contributed by atoms with Crippen LogP contribution in [-0.2, 0) is 9.53 Å². The zero-order chi connectivity index (χ0) is 18.2. The van der Waals surface area contributed by atoms with E-state index in [1.807, 2.05) is 30.3 Å². The number of aromatic nitrogens is 1. The Morgan fingerprint density at radius 2 is 1.96 bits per heavy atom. The monoisotopic (exact) mass is 404 g/mol. The minimum absolute atomic E-state index is 0.224. The Hall–Kier alpha value is -2.21. The second-order valence-electron chi connectivity index (χ2n) is 5.70. The van der Waals surface area contributed by atoms with Crippen molar-refractivity contribution in [1.82, 2.24) is 10.3 Å². The zero-order valence-corrected chi connectivity index (χ0v) is 15.8. The Kier molecular flexibility index (Phi) is 7.13. The second-order valence-corrected chi connectivity index (χ2v) is 6.62. The lowest BCUT2D eigenvalue weighted by molar-refractivity contribution is -0.129. The minimum atomic E-state index is -0.875. The van der Waals surface area contributed by atoms with Crippen molar-refractivity contribution in [3.8, 4) is 0 Å². The van der Waals surface area contributed by atoms with Crippen molar-refractivity contribution >= 4 is 27.8 Å². The average Bonchev–Trinajstić information content (AvgIpc) is 2.62. The quantitative estimate of drug-likeness (QED) is 0.714. The summed E-state index contributed by atoms with van der Waals surface area (Å²) in [6, 6.07) is 11.6. The number of carbonyl (C=O) groups excluding carboxylic acids is 2. The molecule has 1 amide bonds. The van der Waals surface area contributed by atoms with Crippen LogP contribution in [0.5, 0.6) is 0 Å². The molecule has 0 aliphatic carbocycles. The predicted molar refractivity (Wildman–Crippen MR) is 99.3 cm³/mol. The molecule has 1 heterocycles. The van der Waals surface area contributed by atoms with Crippen LogP contribution < -0.4 is 5.32 Å². The zero-order valence-electron chi connectivity index (χ0n) is 14.2. The second kappa shape index (κ2) is 9.32. The van der Waals surface area contributed by atoms with Crippen molar-refractivity contribution in [2.45, 2.75) is 32.3 Å². The molecule has 132 valence electrons. The molecule has 0 aliphatic rings. The van der Waals surface area contributed by atoms with Crippen molar-refractivity contribution in [2.75, 3.05) is 6.54 Å². The Bertz CT molecular complexity index is 722. The molecule has 5 nitrogen and oxygen atoms in total. The summed E-state index contributed by atoms with van der Waals surface area (Å²) in [5.74, 6) is -0.667. The maximum Gasteiger partial charge on any atom is 0.340 e. The molecule has 0 fully saturated rings. The van der Waals surface area contributed by atoms with Gasteiger partial charge in [-0.05, 0) is 40.9 Å². The number of benzene rings is 1. The average molecular weight is 405 g/mol. The summed E-state index contributed by atoms with van der Waals surface area (Å²) in [5.41, 5.74) is 1.47. The highest BCUT2D eigenvalue weighted by atomic mass is 79.9. The molecule has 0 unspecified atom stereocenters. The van der Waals surface area contributed by atoms with Gasteiger partial charge in [0.05, 0.1) is 5.56 Å². The predicted octanol–water partition coefficient (Wildman–Crippen LogP) is 3.70. The van der Waals surface area contributed by atoms with Gasteiger partial charge < -0.3 is 10.1 Å². The SMILES string of the molecule is CC[C@H](CNC(=O)[C@@H](C)OC(=O)c1cncc(Br)c1)c1ccccc1. The Labute approximate surface area is 155 Å². The molecule has 25 heavy (non-hydrogen) atoms. The number of amides is 1. The molecule has 0 spiro atoms. The number of pyridine rings is 1. The van der Waals surface area contributed by atoms with Crippen LogP contribution >= 0.6 is 15.9 Å². The lowest BCUT2D eigenvalue weighted by Crippen LogP contribution is -2.38. The molecule has 2 rings (SSSR count). The Balaban J connectivity index is 1.88. The molecule has 1 N–H and O–H groups in total. The molecule has 0 radical (unpaired) electrons. The van der Waals surface area contributed by atoms with Gasteiger partial charge in [0.2, 0.25) is 0 Å². The molecule has 0 aliphatic heterocycles. The molecule has 0 saturated carbocycles. The highest BCUT2D eigenvalue weighted by Gasteiger charge is 2.20. The minimum Gasteiger partial charge on any atom is -0.449 e. The van der Waals surface area contributed by atoms with Crippen LogP contribution in [0.1, 0.15) is 42.1 Å². The number of rotatable bonds is 7. The van der Waals surface area contributed by atoms with Gasteiger partial charge in [-0.1, -0.05) is 37.3 Å². The lowest BCUT2D eigenvalue weighted by Gasteiger charge is -2.18. The summed E-state index contributed by atoms with van der Waals surface area (Å²) in [4.78, 5) is 28.2. The standard InChI is InChI=1S/C19H21BrN2O3/c1-3-14(15-7-5-4-6-8-15)11-22-18(23)13(2)25-19(24)16-9-17(20)12-21-10-16/h4-10,12-14H,3,11H2,1-2H3,(H,22,23)/t13-,14-/m1/s1. The third-order valence-corrected chi connectivity index (χ3v) is 4.31. The fourth-order valence-corrected chi connectivity index (χ4v) is 2.76. The molecular weight excluding hydrogens is 384 g/mol. The summed E-state index contributed by atoms with van der Waals surface area (Å²) in [5, 5.41) is 2.86. The molecule has 2 aromatic rings. The molecule has 2 atom stereocenters. The first-order valence-corrected chi connectivity index (χ1v) is 8.94. The van der Waals surface area contributed by atoms with Gasteiger partial charge in [-0.2, -0.15) is 0 Å². The summed E-state index contributed by atoms with van der Waals surface area (Å²) >= 11 is 3.25. The Morgan fingerprint density at radius 1 is 1.24 bits per heavy atom. The molecule has 0 bridgehead atoms. The molecule has 1 aromatic carbocycles. The maximum atomic E-state index is 12.2. The van der Waals surface area contributed by atoms with Crippen LogP contribution in [0, 0.1) is 0 Å². The largest absolute Gasteiger partial charge is 0.449 e. The van der Waals surface area contributed by atoms with E-state index in [2.05, 4.69) is 33.2 Å². The van der Waals surface area contributed by atoms with Gasteiger partial charge in [0.15, 0.2) is 6.10 Å². The first-order valence-electron chi connectivity index (χ1n) is 8.15. The van der Waals surface area contributed by atoms with Gasteiger partial charge >= 0.3 is 5.97 Å². The van der Waals surface area contributed by atoms with Gasteiger partial charge in [-0.15, -0.1) is 0 Å². The first-order chi connectivity index (χ1) is 12.0. The van der Waals surface area contributed by atoms with E-state index in [1.54, 1.807) is 19.2 Å². The van der Waals surface area contributed by atoms with Gasteiger partial charge in [-0.25, -0.2) is 4.79 Å². The third-order valence-electron chi connectivity index (χ3n) is 3.88. The number of hydrogen-bond donors (Lipinski definition) is 1.